The van der Waals surface area contributed by atoms with E-state index in [0.29, 0.717) is 11.3 Å². The number of fused-ring (bicyclic) bond motifs is 1. The summed E-state index contributed by atoms with van der Waals surface area (Å²) in [6, 6.07) is 2.25. The number of pyridine rings is 1. The van der Waals surface area contributed by atoms with Gasteiger partial charge in [0.15, 0.2) is 0 Å². The second-order valence-electron chi connectivity index (χ2n) is 4.55. The number of nitrogens with zero attached hydrogens (tertiary/aromatic N) is 3. The van der Waals surface area contributed by atoms with Crippen LogP contribution in [0.1, 0.15) is 21.7 Å². The Balaban J connectivity index is 1.95. The first kappa shape index (κ1) is 12.3. The Bertz CT molecular complexity index is 653. The smallest absolute Gasteiger partial charge is 0.326 e. The minimum atomic E-state index is -1.03. The van der Waals surface area contributed by atoms with E-state index >= 15 is 0 Å². The number of carboxylic acid groups (broad SMARTS) is 1. The molecule has 2 N–H and O–H groups in total. The predicted octanol–water partition coefficient (Wildman–Crippen LogP) is 0.456. The quantitative estimate of drug-likeness (QED) is 0.827. The number of H-pyrrole nitrogens is 1. The van der Waals surface area contributed by atoms with Crippen molar-refractivity contribution in [1.82, 2.24) is 19.9 Å². The highest BCUT2D eigenvalue weighted by molar-refractivity contribution is 5.96. The third kappa shape index (κ3) is 2.03. The van der Waals surface area contributed by atoms with Crippen molar-refractivity contribution in [3.63, 3.8) is 0 Å². The first-order valence-electron chi connectivity index (χ1n) is 6.11. The number of carbonyl (C=O) groups is 2. The lowest BCUT2D eigenvalue weighted by Crippen LogP contribution is -2.48. The molecule has 20 heavy (non-hydrogen) atoms. The Kier molecular flexibility index (Phi) is 2.94. The third-order valence-corrected chi connectivity index (χ3v) is 3.37. The van der Waals surface area contributed by atoms with E-state index < -0.39 is 12.0 Å². The SMILES string of the molecule is O=C(O)C1Cc2nc[nH]c2CN1C(=O)c1ccncc1. The summed E-state index contributed by atoms with van der Waals surface area (Å²) in [5.41, 5.74) is 1.91. The monoisotopic (exact) mass is 272 g/mol. The van der Waals surface area contributed by atoms with Crippen molar-refractivity contribution in [2.75, 3.05) is 0 Å². The Morgan fingerprint density at radius 2 is 2.10 bits per heavy atom. The number of carbonyl (C=O) groups excluding carboxylic acids is 1. The molecule has 2 aromatic heterocycles. The summed E-state index contributed by atoms with van der Waals surface area (Å²) < 4.78 is 0. The van der Waals surface area contributed by atoms with Gasteiger partial charge in [-0.25, -0.2) is 9.78 Å². The molecule has 0 radical (unpaired) electrons. The minimum Gasteiger partial charge on any atom is -0.480 e. The second-order valence-corrected chi connectivity index (χ2v) is 4.55. The molecule has 102 valence electrons. The van der Waals surface area contributed by atoms with Crippen LogP contribution in [0.5, 0.6) is 0 Å². The van der Waals surface area contributed by atoms with E-state index in [0.717, 1.165) is 5.69 Å². The highest BCUT2D eigenvalue weighted by Crippen LogP contribution is 2.22. The van der Waals surface area contributed by atoms with Gasteiger partial charge >= 0.3 is 5.97 Å². The van der Waals surface area contributed by atoms with E-state index in [1.165, 1.54) is 23.6 Å². The zero-order valence-corrected chi connectivity index (χ0v) is 10.5. The Hall–Kier alpha value is -2.70. The highest BCUT2D eigenvalue weighted by Gasteiger charge is 2.36. The van der Waals surface area contributed by atoms with Crippen LogP contribution < -0.4 is 0 Å². The summed E-state index contributed by atoms with van der Waals surface area (Å²) in [5, 5.41) is 9.32. The van der Waals surface area contributed by atoms with E-state index in [1.54, 1.807) is 12.1 Å². The van der Waals surface area contributed by atoms with E-state index in [4.69, 9.17) is 0 Å². The van der Waals surface area contributed by atoms with Crippen LogP contribution in [-0.4, -0.2) is 42.9 Å². The molecule has 1 aliphatic heterocycles. The molecule has 7 heteroatoms. The van der Waals surface area contributed by atoms with Crippen LogP contribution in [0.15, 0.2) is 30.9 Å². The number of aliphatic carboxylic acids is 1. The van der Waals surface area contributed by atoms with Crippen LogP contribution in [0, 0.1) is 0 Å². The predicted molar refractivity (Wildman–Crippen MR) is 67.8 cm³/mol. The number of imidazole rings is 1. The van der Waals surface area contributed by atoms with Gasteiger partial charge in [0.1, 0.15) is 6.04 Å². The Labute approximate surface area is 114 Å². The fraction of sp³-hybridized carbons (Fsp3) is 0.231. The molecule has 1 unspecified atom stereocenters. The molecule has 0 bridgehead atoms. The van der Waals surface area contributed by atoms with Gasteiger partial charge in [-0.1, -0.05) is 0 Å². The number of hydrogen-bond donors (Lipinski definition) is 2. The normalized spacial score (nSPS) is 17.6. The number of amides is 1. The zero-order valence-electron chi connectivity index (χ0n) is 10.5. The first-order chi connectivity index (χ1) is 9.66. The largest absolute Gasteiger partial charge is 0.480 e. The van der Waals surface area contributed by atoms with Crippen molar-refractivity contribution in [1.29, 1.82) is 0 Å². The lowest BCUT2D eigenvalue weighted by Gasteiger charge is -2.32. The molecule has 0 aliphatic carbocycles. The first-order valence-corrected chi connectivity index (χ1v) is 6.11. The molecule has 1 atom stereocenters. The number of aromatic amines is 1. The van der Waals surface area contributed by atoms with Crippen LogP contribution >= 0.6 is 0 Å². The van der Waals surface area contributed by atoms with Gasteiger partial charge in [0, 0.05) is 24.4 Å². The maximum atomic E-state index is 12.4. The molecule has 0 saturated carbocycles. The van der Waals surface area contributed by atoms with Crippen molar-refractivity contribution in [3.8, 4) is 0 Å². The molecular weight excluding hydrogens is 260 g/mol. The molecule has 1 aliphatic rings. The van der Waals surface area contributed by atoms with Gasteiger partial charge in [-0.2, -0.15) is 0 Å². The topological polar surface area (TPSA) is 99.2 Å². The summed E-state index contributed by atoms with van der Waals surface area (Å²) in [5.74, 6) is -1.35. The van der Waals surface area contributed by atoms with Gasteiger partial charge in [-0.15, -0.1) is 0 Å². The molecule has 1 amide bonds. The van der Waals surface area contributed by atoms with Gasteiger partial charge in [-0.3, -0.25) is 9.78 Å². The van der Waals surface area contributed by atoms with Crippen LogP contribution in [-0.2, 0) is 17.8 Å². The highest BCUT2D eigenvalue weighted by atomic mass is 16.4. The maximum absolute atomic E-state index is 12.4. The van der Waals surface area contributed by atoms with E-state index in [1.807, 2.05) is 0 Å². The number of aromatic nitrogens is 3. The van der Waals surface area contributed by atoms with E-state index in [-0.39, 0.29) is 18.9 Å². The van der Waals surface area contributed by atoms with Gasteiger partial charge in [0.2, 0.25) is 0 Å². The van der Waals surface area contributed by atoms with E-state index in [9.17, 15) is 14.7 Å². The molecule has 0 spiro atoms. The fourth-order valence-electron chi connectivity index (χ4n) is 2.33. The lowest BCUT2D eigenvalue weighted by atomic mass is 10.0. The standard InChI is InChI=1S/C13H12N4O3/c18-12(8-1-3-14-4-2-8)17-6-10-9(15-7-16-10)5-11(17)13(19)20/h1-4,7,11H,5-6H2,(H,15,16)(H,19,20). The molecule has 3 heterocycles. The van der Waals surface area contributed by atoms with Gasteiger partial charge in [0.25, 0.3) is 5.91 Å². The van der Waals surface area contributed by atoms with Crippen molar-refractivity contribution in [2.24, 2.45) is 0 Å². The molecule has 0 saturated heterocycles. The fourth-order valence-corrected chi connectivity index (χ4v) is 2.33. The third-order valence-electron chi connectivity index (χ3n) is 3.37. The van der Waals surface area contributed by atoms with Crippen molar-refractivity contribution in [3.05, 3.63) is 47.8 Å². The summed E-state index contributed by atoms with van der Waals surface area (Å²) in [4.78, 5) is 36.1. The number of nitrogens with one attached hydrogen (secondary N) is 1. The summed E-state index contributed by atoms with van der Waals surface area (Å²) in [6.45, 7) is 0.216. The molecule has 2 aromatic rings. The van der Waals surface area contributed by atoms with Crippen LogP contribution in [0.25, 0.3) is 0 Å². The Morgan fingerprint density at radius 1 is 1.35 bits per heavy atom. The summed E-state index contributed by atoms with van der Waals surface area (Å²) in [7, 11) is 0. The zero-order chi connectivity index (χ0) is 14.1. The van der Waals surface area contributed by atoms with Gasteiger partial charge in [-0.05, 0) is 12.1 Å². The average Bonchev–Trinajstić information content (AvgIpc) is 2.93. The molecule has 7 nitrogen and oxygen atoms in total. The summed E-state index contributed by atoms with van der Waals surface area (Å²) >= 11 is 0. The summed E-state index contributed by atoms with van der Waals surface area (Å²) in [6.07, 6.45) is 4.75. The van der Waals surface area contributed by atoms with Crippen molar-refractivity contribution >= 4 is 11.9 Å². The number of rotatable bonds is 2. The molecular formula is C13H12N4O3. The van der Waals surface area contributed by atoms with Crippen molar-refractivity contribution < 1.29 is 14.7 Å². The lowest BCUT2D eigenvalue weighted by molar-refractivity contribution is -0.142. The number of hydrogen-bond acceptors (Lipinski definition) is 4. The minimum absolute atomic E-state index is 0.213. The molecule has 0 aromatic carbocycles. The molecule has 0 fully saturated rings. The van der Waals surface area contributed by atoms with Crippen molar-refractivity contribution in [2.45, 2.75) is 19.0 Å². The van der Waals surface area contributed by atoms with Crippen LogP contribution in [0.2, 0.25) is 0 Å². The maximum Gasteiger partial charge on any atom is 0.326 e. The Morgan fingerprint density at radius 3 is 2.80 bits per heavy atom. The van der Waals surface area contributed by atoms with Gasteiger partial charge < -0.3 is 15.0 Å². The van der Waals surface area contributed by atoms with Crippen LogP contribution in [0.3, 0.4) is 0 Å². The van der Waals surface area contributed by atoms with E-state index in [2.05, 4.69) is 15.0 Å². The second kappa shape index (κ2) is 4.76. The average molecular weight is 272 g/mol. The number of carboxylic acids is 1. The van der Waals surface area contributed by atoms with Crippen LogP contribution in [0.4, 0.5) is 0 Å². The van der Waals surface area contributed by atoms with Gasteiger partial charge in [0.05, 0.1) is 24.3 Å². The molecule has 3 rings (SSSR count).